The molecule has 2 N–H and O–H groups in total. The van der Waals surface area contributed by atoms with E-state index in [2.05, 4.69) is 32.6 Å². The second-order valence-corrected chi connectivity index (χ2v) is 5.85. The number of ether oxygens (including phenoxy) is 1. The van der Waals surface area contributed by atoms with E-state index >= 15 is 0 Å². The summed E-state index contributed by atoms with van der Waals surface area (Å²) in [5, 5.41) is 0. The van der Waals surface area contributed by atoms with E-state index in [4.69, 9.17) is 10.5 Å². The highest BCUT2D eigenvalue weighted by molar-refractivity contribution is 4.94. The van der Waals surface area contributed by atoms with Crippen LogP contribution in [0.4, 0.5) is 0 Å². The third-order valence-electron chi connectivity index (χ3n) is 4.73. The fourth-order valence-corrected chi connectivity index (χ4v) is 3.04. The van der Waals surface area contributed by atoms with Gasteiger partial charge in [-0.05, 0) is 25.2 Å². The number of hydrogen-bond acceptors (Lipinski definition) is 3. The first-order valence-electron chi connectivity index (χ1n) is 7.68. The van der Waals surface area contributed by atoms with E-state index < -0.39 is 0 Å². The van der Waals surface area contributed by atoms with Crippen molar-refractivity contribution < 1.29 is 4.74 Å². The van der Waals surface area contributed by atoms with Gasteiger partial charge in [-0.2, -0.15) is 0 Å². The van der Waals surface area contributed by atoms with Gasteiger partial charge in [0.2, 0.25) is 0 Å². The summed E-state index contributed by atoms with van der Waals surface area (Å²) in [4.78, 5) is 2.61. The van der Waals surface area contributed by atoms with Gasteiger partial charge < -0.3 is 10.5 Å². The molecule has 0 bridgehead atoms. The van der Waals surface area contributed by atoms with Crippen LogP contribution in [0.5, 0.6) is 0 Å². The van der Waals surface area contributed by atoms with Gasteiger partial charge in [0.05, 0.1) is 12.7 Å². The number of rotatable bonds is 7. The largest absolute Gasteiger partial charge is 0.376 e. The van der Waals surface area contributed by atoms with E-state index in [0.29, 0.717) is 6.10 Å². The van der Waals surface area contributed by atoms with Crippen molar-refractivity contribution in [2.75, 3.05) is 26.2 Å². The van der Waals surface area contributed by atoms with Gasteiger partial charge in [-0.25, -0.2) is 0 Å². The van der Waals surface area contributed by atoms with Crippen LogP contribution in [-0.4, -0.2) is 42.8 Å². The predicted molar refractivity (Wildman–Crippen MR) is 77.8 cm³/mol. The average molecular weight is 256 g/mol. The Morgan fingerprint density at radius 3 is 2.61 bits per heavy atom. The molecule has 0 spiro atoms. The first-order chi connectivity index (χ1) is 8.61. The monoisotopic (exact) mass is 256 g/mol. The molecule has 108 valence electrons. The molecule has 18 heavy (non-hydrogen) atoms. The molecule has 0 amide bonds. The molecule has 1 heterocycles. The summed E-state index contributed by atoms with van der Waals surface area (Å²) in [7, 11) is 0. The molecule has 3 unspecified atom stereocenters. The lowest BCUT2D eigenvalue weighted by Gasteiger charge is -2.48. The lowest BCUT2D eigenvalue weighted by atomic mass is 9.82. The summed E-state index contributed by atoms with van der Waals surface area (Å²) in [6.07, 6.45) is 5.10. The first kappa shape index (κ1) is 15.9. The maximum absolute atomic E-state index is 6.16. The van der Waals surface area contributed by atoms with Gasteiger partial charge >= 0.3 is 0 Å². The van der Waals surface area contributed by atoms with E-state index in [1.165, 1.54) is 12.8 Å². The van der Waals surface area contributed by atoms with E-state index in [-0.39, 0.29) is 5.54 Å². The lowest BCUT2D eigenvalue weighted by Crippen LogP contribution is -2.59. The van der Waals surface area contributed by atoms with Gasteiger partial charge in [0, 0.05) is 25.2 Å². The van der Waals surface area contributed by atoms with Crippen LogP contribution >= 0.6 is 0 Å². The SMILES string of the molecule is CCC(C)CC(CC)(CN)N1CCOC(CC)C1. The summed E-state index contributed by atoms with van der Waals surface area (Å²) >= 11 is 0. The number of morpholine rings is 1. The van der Waals surface area contributed by atoms with Crippen molar-refractivity contribution in [2.24, 2.45) is 11.7 Å². The molecule has 0 aliphatic carbocycles. The fourth-order valence-electron chi connectivity index (χ4n) is 3.04. The molecule has 0 aromatic heterocycles. The molecule has 0 aromatic rings. The normalized spacial score (nSPS) is 26.8. The zero-order valence-corrected chi connectivity index (χ0v) is 12.7. The Morgan fingerprint density at radius 1 is 1.39 bits per heavy atom. The number of hydrogen-bond donors (Lipinski definition) is 1. The number of nitrogens with two attached hydrogens (primary N) is 1. The summed E-state index contributed by atoms with van der Waals surface area (Å²) in [5.74, 6) is 0.747. The zero-order chi connectivity index (χ0) is 13.6. The van der Waals surface area contributed by atoms with E-state index in [0.717, 1.165) is 45.0 Å². The first-order valence-corrected chi connectivity index (χ1v) is 7.68. The molecular weight excluding hydrogens is 224 g/mol. The van der Waals surface area contributed by atoms with Crippen LogP contribution in [0.25, 0.3) is 0 Å². The molecule has 1 aliphatic heterocycles. The minimum absolute atomic E-state index is 0.187. The Morgan fingerprint density at radius 2 is 2.11 bits per heavy atom. The Bertz CT molecular complexity index is 229. The quantitative estimate of drug-likeness (QED) is 0.761. The van der Waals surface area contributed by atoms with E-state index in [1.807, 2.05) is 0 Å². The molecule has 0 aromatic carbocycles. The highest BCUT2D eigenvalue weighted by atomic mass is 16.5. The van der Waals surface area contributed by atoms with Crippen molar-refractivity contribution in [1.29, 1.82) is 0 Å². The molecule has 1 rings (SSSR count). The third kappa shape index (κ3) is 3.69. The van der Waals surface area contributed by atoms with Gasteiger partial charge in [0.25, 0.3) is 0 Å². The third-order valence-corrected chi connectivity index (χ3v) is 4.73. The van der Waals surface area contributed by atoms with E-state index in [9.17, 15) is 0 Å². The summed E-state index contributed by atoms with van der Waals surface area (Å²) in [6.45, 7) is 12.8. The molecular formula is C15H32N2O. The summed E-state index contributed by atoms with van der Waals surface area (Å²) in [5.41, 5.74) is 6.34. The van der Waals surface area contributed by atoms with Crippen molar-refractivity contribution in [3.63, 3.8) is 0 Å². The van der Waals surface area contributed by atoms with Crippen LogP contribution in [0.1, 0.15) is 53.4 Å². The van der Waals surface area contributed by atoms with Crippen molar-refractivity contribution in [3.8, 4) is 0 Å². The molecule has 1 aliphatic rings. The predicted octanol–water partition coefficient (Wildman–Crippen LogP) is 2.64. The Balaban J connectivity index is 2.75. The molecule has 1 saturated heterocycles. The standard InChI is InChI=1S/C15H32N2O/c1-5-13(4)10-15(7-3,12-16)17-8-9-18-14(6-2)11-17/h13-14H,5-12,16H2,1-4H3. The fraction of sp³-hybridized carbons (Fsp3) is 1.00. The summed E-state index contributed by atoms with van der Waals surface area (Å²) in [6, 6.07) is 0. The summed E-state index contributed by atoms with van der Waals surface area (Å²) < 4.78 is 5.79. The molecule has 3 atom stereocenters. The second kappa shape index (κ2) is 7.46. The lowest BCUT2D eigenvalue weighted by molar-refractivity contribution is -0.0755. The zero-order valence-electron chi connectivity index (χ0n) is 12.7. The Kier molecular flexibility index (Phi) is 6.61. The Hall–Kier alpha value is -0.120. The van der Waals surface area contributed by atoms with Crippen LogP contribution in [0.2, 0.25) is 0 Å². The van der Waals surface area contributed by atoms with E-state index in [1.54, 1.807) is 0 Å². The van der Waals surface area contributed by atoms with Crippen LogP contribution in [-0.2, 0) is 4.74 Å². The van der Waals surface area contributed by atoms with Gasteiger partial charge in [0.1, 0.15) is 0 Å². The average Bonchev–Trinajstić information content (AvgIpc) is 2.44. The topological polar surface area (TPSA) is 38.5 Å². The maximum Gasteiger partial charge on any atom is 0.0700 e. The highest BCUT2D eigenvalue weighted by Crippen LogP contribution is 2.30. The Labute approximate surface area is 113 Å². The van der Waals surface area contributed by atoms with Gasteiger partial charge in [0.15, 0.2) is 0 Å². The second-order valence-electron chi connectivity index (χ2n) is 5.85. The molecule has 0 radical (unpaired) electrons. The van der Waals surface area contributed by atoms with Crippen molar-refractivity contribution in [2.45, 2.75) is 65.0 Å². The van der Waals surface area contributed by atoms with Crippen LogP contribution in [0.3, 0.4) is 0 Å². The molecule has 0 saturated carbocycles. The number of nitrogens with zero attached hydrogens (tertiary/aromatic N) is 1. The van der Waals surface area contributed by atoms with Crippen molar-refractivity contribution >= 4 is 0 Å². The van der Waals surface area contributed by atoms with Gasteiger partial charge in [-0.15, -0.1) is 0 Å². The minimum atomic E-state index is 0.187. The maximum atomic E-state index is 6.16. The smallest absolute Gasteiger partial charge is 0.0700 e. The van der Waals surface area contributed by atoms with Gasteiger partial charge in [-0.1, -0.05) is 34.1 Å². The molecule has 3 nitrogen and oxygen atoms in total. The van der Waals surface area contributed by atoms with Crippen LogP contribution in [0, 0.1) is 5.92 Å². The van der Waals surface area contributed by atoms with Gasteiger partial charge in [-0.3, -0.25) is 4.90 Å². The van der Waals surface area contributed by atoms with Crippen molar-refractivity contribution in [1.82, 2.24) is 4.90 Å². The molecule has 3 heteroatoms. The minimum Gasteiger partial charge on any atom is -0.376 e. The highest BCUT2D eigenvalue weighted by Gasteiger charge is 2.37. The van der Waals surface area contributed by atoms with Crippen LogP contribution < -0.4 is 5.73 Å². The molecule has 1 fully saturated rings. The van der Waals surface area contributed by atoms with Crippen LogP contribution in [0.15, 0.2) is 0 Å². The van der Waals surface area contributed by atoms with Crippen molar-refractivity contribution in [3.05, 3.63) is 0 Å².